The van der Waals surface area contributed by atoms with Gasteiger partial charge in [-0.05, 0) is 17.6 Å². The molecule has 12 heteroatoms. The van der Waals surface area contributed by atoms with Gasteiger partial charge in [0, 0.05) is 14.1 Å². The van der Waals surface area contributed by atoms with E-state index in [4.69, 9.17) is 12.8 Å². The lowest BCUT2D eigenvalue weighted by Crippen LogP contribution is -2.47. The van der Waals surface area contributed by atoms with Crippen molar-refractivity contribution in [2.24, 2.45) is 0 Å². The summed E-state index contributed by atoms with van der Waals surface area (Å²) < 4.78 is 20.8. The third-order valence-electron chi connectivity index (χ3n) is 2.16. The molecule has 1 unspecified atom stereocenters. The van der Waals surface area contributed by atoms with Crippen molar-refractivity contribution in [3.63, 3.8) is 0 Å². The molecule has 1 atom stereocenters. The van der Waals surface area contributed by atoms with Gasteiger partial charge in [0.15, 0.2) is 11.5 Å². The number of quaternary nitrogens is 1. The quantitative estimate of drug-likeness (QED) is 0.331. The van der Waals surface area contributed by atoms with Crippen LogP contribution in [0.3, 0.4) is 0 Å². The minimum absolute atomic E-state index is 0.0616. The van der Waals surface area contributed by atoms with E-state index in [9.17, 15) is 14.6 Å². The monoisotopic (exact) mass is 293 g/mol. The van der Waals surface area contributed by atoms with Crippen LogP contribution >= 0.6 is 7.82 Å². The van der Waals surface area contributed by atoms with Crippen LogP contribution in [0.15, 0.2) is 18.2 Å². The molecule has 0 heterocycles. The van der Waals surface area contributed by atoms with E-state index in [0.717, 1.165) is 21.2 Å². The van der Waals surface area contributed by atoms with Gasteiger partial charge >= 0.3 is 30.2 Å². The zero-order chi connectivity index (χ0) is 15.4. The first-order valence-corrected chi connectivity index (χ1v) is 6.93. The summed E-state index contributed by atoms with van der Waals surface area (Å²) >= 11 is 0. The second kappa shape index (κ2) is 6.74. The van der Waals surface area contributed by atoms with Crippen molar-refractivity contribution in [3.05, 3.63) is 18.2 Å². The molecule has 0 bridgehead atoms. The van der Waals surface area contributed by atoms with Crippen LogP contribution in [0.4, 0.5) is 0 Å². The van der Waals surface area contributed by atoms with E-state index in [0.29, 0.717) is 0 Å². The molecule has 0 spiro atoms. The van der Waals surface area contributed by atoms with Crippen molar-refractivity contribution in [1.82, 2.24) is 0 Å². The van der Waals surface area contributed by atoms with Gasteiger partial charge in [-0.25, -0.2) is 4.57 Å². The molecule has 0 fully saturated rings. The van der Waals surface area contributed by atoms with E-state index in [1.165, 1.54) is 19.4 Å². The largest absolute Gasteiger partial charge is 0.634 e. The summed E-state index contributed by atoms with van der Waals surface area (Å²) in [4.78, 5) is 9.43. The Morgan fingerprint density at radius 1 is 1.25 bits per heavy atom. The number of rotatable bonds is 7. The lowest BCUT2D eigenvalue weighted by Gasteiger charge is -2.27. The predicted octanol–water partition coefficient (Wildman–Crippen LogP) is -1.21. The van der Waals surface area contributed by atoms with Gasteiger partial charge in [-0.1, -0.05) is 6.07 Å². The van der Waals surface area contributed by atoms with Crippen LogP contribution in [0.25, 0.3) is 0 Å². The van der Waals surface area contributed by atoms with Crippen LogP contribution in [0.1, 0.15) is 0 Å². The minimum Gasteiger partial charge on any atom is -0.504 e. The third kappa shape index (κ3) is 5.64. The van der Waals surface area contributed by atoms with Gasteiger partial charge in [-0.3, -0.25) is 4.44 Å². The smallest absolute Gasteiger partial charge is 0.504 e. The SMILES string of the molecule is [B][B][N+](C)(C)[B]OP(=O)(O)O[B]c1ccc(O)c(O)c1. The summed E-state index contributed by atoms with van der Waals surface area (Å²) in [5.74, 6) is -0.686. The van der Waals surface area contributed by atoms with Crippen molar-refractivity contribution in [2.75, 3.05) is 14.1 Å². The highest BCUT2D eigenvalue weighted by Gasteiger charge is 2.30. The molecule has 0 aliphatic carbocycles. The summed E-state index contributed by atoms with van der Waals surface area (Å²) in [6, 6.07) is 3.75. The Kier molecular flexibility index (Phi) is 5.79. The first kappa shape index (κ1) is 17.2. The average molecular weight is 292 g/mol. The Balaban J connectivity index is 2.54. The van der Waals surface area contributed by atoms with Crippen LogP contribution in [0.5, 0.6) is 11.5 Å². The predicted molar refractivity (Wildman–Crippen MR) is 76.5 cm³/mol. The summed E-state index contributed by atoms with van der Waals surface area (Å²) in [6.07, 6.45) is 0. The zero-order valence-electron chi connectivity index (χ0n) is 11.0. The topological polar surface area (TPSA) is 96.2 Å². The number of phosphoric acid groups is 1. The molecule has 0 saturated carbocycles. The lowest BCUT2D eigenvalue weighted by molar-refractivity contribution is -0.658. The molecule has 1 aromatic rings. The molecule has 101 valence electrons. The van der Waals surface area contributed by atoms with Crippen molar-refractivity contribution in [2.45, 2.75) is 0 Å². The second-order valence-corrected chi connectivity index (χ2v) is 5.79. The second-order valence-electron chi connectivity index (χ2n) is 4.43. The van der Waals surface area contributed by atoms with Gasteiger partial charge in [0.25, 0.3) is 0 Å². The Morgan fingerprint density at radius 2 is 1.90 bits per heavy atom. The lowest BCUT2D eigenvalue weighted by atomic mass is 9.60. The van der Waals surface area contributed by atoms with Gasteiger partial charge in [0.2, 0.25) is 0 Å². The molecule has 0 saturated heterocycles. The zero-order valence-corrected chi connectivity index (χ0v) is 11.9. The third-order valence-corrected chi connectivity index (χ3v) is 2.89. The molecule has 7 nitrogen and oxygen atoms in total. The maximum Gasteiger partial charge on any atom is 0.634 e. The fraction of sp³-hybridized carbons (Fsp3) is 0.250. The maximum absolute atomic E-state index is 11.6. The summed E-state index contributed by atoms with van der Waals surface area (Å²) in [7, 11) is 7.38. The van der Waals surface area contributed by atoms with Gasteiger partial charge in [-0.2, -0.15) is 0 Å². The molecule has 5 radical (unpaired) electrons. The normalized spacial score (nSPS) is 14.3. The van der Waals surface area contributed by atoms with Crippen LogP contribution in [0, 0.1) is 0 Å². The first-order chi connectivity index (χ1) is 9.15. The number of hydrogen-bond donors (Lipinski definition) is 3. The molecular weight excluding hydrogens is 280 g/mol. The molecule has 0 aromatic heterocycles. The summed E-state index contributed by atoms with van der Waals surface area (Å²) in [6.45, 7) is 0. The number of hydrogen-bond acceptors (Lipinski definition) is 5. The van der Waals surface area contributed by atoms with E-state index < -0.39 is 7.82 Å². The molecule has 0 amide bonds. The van der Waals surface area contributed by atoms with Gasteiger partial charge < -0.3 is 23.9 Å². The standard InChI is InChI=1S/C8H12B4NO6P/c1-13(2,11-9)12-19-20(16,17)18-10-6-3-4-7(14)8(15)5-6/h3-5,14-15H,1-2H3,(H,16,17)/q+1. The van der Waals surface area contributed by atoms with Crippen molar-refractivity contribution >= 4 is 43.4 Å². The van der Waals surface area contributed by atoms with Gasteiger partial charge in [0.1, 0.15) is 7.74 Å². The highest BCUT2D eigenvalue weighted by atomic mass is 31.2. The summed E-state index contributed by atoms with van der Waals surface area (Å²) in [5.41, 5.74) is 0.275. The fourth-order valence-corrected chi connectivity index (χ4v) is 1.65. The molecule has 1 rings (SSSR count). The first-order valence-electron chi connectivity index (χ1n) is 5.44. The van der Waals surface area contributed by atoms with E-state index in [2.05, 4.69) is 8.88 Å². The van der Waals surface area contributed by atoms with Crippen molar-refractivity contribution in [3.8, 4) is 11.5 Å². The molecule has 1 aromatic carbocycles. The number of benzene rings is 1. The molecule has 0 aliphatic heterocycles. The van der Waals surface area contributed by atoms with Crippen LogP contribution in [-0.2, 0) is 13.4 Å². The Hall–Kier alpha value is -0.850. The van der Waals surface area contributed by atoms with Crippen LogP contribution in [0.2, 0.25) is 0 Å². The summed E-state index contributed by atoms with van der Waals surface area (Å²) in [5, 5.41) is 18.4. The van der Waals surface area contributed by atoms with E-state index >= 15 is 0 Å². The molecule has 3 N–H and O–H groups in total. The fourth-order valence-electron chi connectivity index (χ4n) is 0.982. The molecular formula is C8H12B4NO6P+. The van der Waals surface area contributed by atoms with E-state index in [-0.39, 0.29) is 21.3 Å². The number of phenolic OH excluding ortho intramolecular Hbond substituents is 2. The molecule has 0 aliphatic rings. The minimum atomic E-state index is -4.34. The Bertz CT molecular complexity index is 516. The van der Waals surface area contributed by atoms with E-state index in [1.54, 1.807) is 14.1 Å². The number of nitrogens with zero attached hydrogens (tertiary/aromatic N) is 1. The molecule has 20 heavy (non-hydrogen) atoms. The van der Waals surface area contributed by atoms with Gasteiger partial charge in [0.05, 0.1) is 0 Å². The Morgan fingerprint density at radius 3 is 2.45 bits per heavy atom. The Labute approximate surface area is 121 Å². The number of phenols is 2. The van der Waals surface area contributed by atoms with Crippen LogP contribution < -0.4 is 5.46 Å². The highest BCUT2D eigenvalue weighted by Crippen LogP contribution is 2.42. The van der Waals surface area contributed by atoms with E-state index in [1.807, 2.05) is 0 Å². The van der Waals surface area contributed by atoms with Crippen molar-refractivity contribution < 1.29 is 32.9 Å². The van der Waals surface area contributed by atoms with Gasteiger partial charge in [-0.15, -0.1) is 0 Å². The van der Waals surface area contributed by atoms with Crippen LogP contribution in [-0.4, -0.2) is 63.6 Å². The van der Waals surface area contributed by atoms with Crippen molar-refractivity contribution in [1.29, 1.82) is 0 Å². The maximum atomic E-state index is 11.6. The highest BCUT2D eigenvalue weighted by molar-refractivity contribution is 7.49. The average Bonchev–Trinajstić information content (AvgIpc) is 2.38. The number of aromatic hydroxyl groups is 2.